The van der Waals surface area contributed by atoms with Gasteiger partial charge in [-0.25, -0.2) is 0 Å². The molecular weight excluding hydrogens is 252 g/mol. The highest BCUT2D eigenvalue weighted by atomic mass is 16.4. The molecule has 110 valence electrons. The summed E-state index contributed by atoms with van der Waals surface area (Å²) in [6.07, 6.45) is 6.92. The van der Waals surface area contributed by atoms with Crippen LogP contribution in [0.1, 0.15) is 61.8 Å². The van der Waals surface area contributed by atoms with Gasteiger partial charge >= 0.3 is 5.97 Å². The quantitative estimate of drug-likeness (QED) is 0.703. The fraction of sp³-hybridized carbons (Fsp3) is 0.471. The molecule has 0 heterocycles. The Hall–Kier alpha value is -1.61. The molecule has 0 saturated carbocycles. The molecular formula is C17H24O3. The molecule has 0 aliphatic rings. The summed E-state index contributed by atoms with van der Waals surface area (Å²) in [6, 6.07) is 5.89. The molecule has 0 aliphatic carbocycles. The lowest BCUT2D eigenvalue weighted by atomic mass is 9.96. The predicted molar refractivity (Wildman–Crippen MR) is 81.6 cm³/mol. The summed E-state index contributed by atoms with van der Waals surface area (Å²) < 4.78 is 0. The third-order valence-electron chi connectivity index (χ3n) is 3.27. The Morgan fingerprint density at radius 2 is 2.10 bits per heavy atom. The van der Waals surface area contributed by atoms with Gasteiger partial charge < -0.3 is 10.2 Å². The first-order chi connectivity index (χ1) is 9.54. The van der Waals surface area contributed by atoms with Gasteiger partial charge in [0.15, 0.2) is 0 Å². The predicted octanol–water partition coefficient (Wildman–Crippen LogP) is 4.10. The molecule has 0 radical (unpaired) electrons. The maximum absolute atomic E-state index is 10.5. The van der Waals surface area contributed by atoms with Crippen LogP contribution in [0.3, 0.4) is 0 Å². The van der Waals surface area contributed by atoms with E-state index in [1.165, 1.54) is 0 Å². The number of carbonyl (C=O) groups is 1. The molecule has 0 amide bonds. The van der Waals surface area contributed by atoms with Crippen LogP contribution in [-0.4, -0.2) is 16.2 Å². The highest BCUT2D eigenvalue weighted by Gasteiger charge is 2.11. The highest BCUT2D eigenvalue weighted by Crippen LogP contribution is 2.25. The van der Waals surface area contributed by atoms with Gasteiger partial charge in [-0.1, -0.05) is 62.1 Å². The van der Waals surface area contributed by atoms with E-state index in [-0.39, 0.29) is 6.42 Å². The van der Waals surface area contributed by atoms with Crippen molar-refractivity contribution in [2.75, 3.05) is 0 Å². The van der Waals surface area contributed by atoms with Crippen LogP contribution in [0.5, 0.6) is 0 Å². The minimum Gasteiger partial charge on any atom is -0.481 e. The molecule has 0 unspecified atom stereocenters. The van der Waals surface area contributed by atoms with Crippen LogP contribution in [0.25, 0.3) is 6.08 Å². The van der Waals surface area contributed by atoms with Gasteiger partial charge in [-0.15, -0.1) is 0 Å². The third kappa shape index (κ3) is 5.57. The molecule has 3 heteroatoms. The zero-order valence-electron chi connectivity index (χ0n) is 12.3. The lowest BCUT2D eigenvalue weighted by molar-refractivity contribution is -0.135. The molecule has 0 aliphatic heterocycles. The van der Waals surface area contributed by atoms with Gasteiger partial charge in [0.2, 0.25) is 0 Å². The molecule has 1 atom stereocenters. The summed E-state index contributed by atoms with van der Waals surface area (Å²) >= 11 is 0. The van der Waals surface area contributed by atoms with E-state index in [9.17, 15) is 9.90 Å². The van der Waals surface area contributed by atoms with E-state index >= 15 is 0 Å². The number of hydrogen-bond acceptors (Lipinski definition) is 2. The minimum atomic E-state index is -0.849. The number of carboxylic acid groups (broad SMARTS) is 1. The number of carboxylic acids is 1. The van der Waals surface area contributed by atoms with Gasteiger partial charge in [0.05, 0.1) is 12.5 Å². The van der Waals surface area contributed by atoms with Crippen LogP contribution in [0.2, 0.25) is 0 Å². The molecule has 0 saturated heterocycles. The number of aliphatic carboxylic acids is 1. The summed E-state index contributed by atoms with van der Waals surface area (Å²) in [5.41, 5.74) is 2.90. The van der Waals surface area contributed by atoms with Gasteiger partial charge in [0.1, 0.15) is 0 Å². The van der Waals surface area contributed by atoms with Gasteiger partial charge in [-0.05, 0) is 24.5 Å². The van der Waals surface area contributed by atoms with Crippen molar-refractivity contribution in [2.45, 2.75) is 52.1 Å². The largest absolute Gasteiger partial charge is 0.481 e. The topological polar surface area (TPSA) is 57.5 Å². The summed E-state index contributed by atoms with van der Waals surface area (Å²) in [4.78, 5) is 10.5. The fourth-order valence-corrected chi connectivity index (χ4v) is 2.16. The molecule has 3 nitrogen and oxygen atoms in total. The monoisotopic (exact) mass is 276 g/mol. The Morgan fingerprint density at radius 1 is 1.35 bits per heavy atom. The van der Waals surface area contributed by atoms with E-state index in [1.807, 2.05) is 25.1 Å². The molecule has 1 aromatic rings. The first kappa shape index (κ1) is 16.4. The van der Waals surface area contributed by atoms with Crippen LogP contribution < -0.4 is 0 Å². The fourth-order valence-electron chi connectivity index (χ4n) is 2.16. The highest BCUT2D eigenvalue weighted by molar-refractivity contribution is 5.70. The zero-order chi connectivity index (χ0) is 15.0. The van der Waals surface area contributed by atoms with Crippen molar-refractivity contribution in [2.24, 2.45) is 0 Å². The van der Waals surface area contributed by atoms with Crippen molar-refractivity contribution in [3.63, 3.8) is 0 Å². The number of aliphatic hydroxyl groups is 1. The zero-order valence-corrected chi connectivity index (χ0v) is 12.3. The van der Waals surface area contributed by atoms with Crippen molar-refractivity contribution in [3.8, 4) is 0 Å². The number of benzene rings is 1. The summed E-state index contributed by atoms with van der Waals surface area (Å²) in [5, 5.41) is 19.0. The second-order valence-electron chi connectivity index (χ2n) is 5.14. The van der Waals surface area contributed by atoms with Gasteiger partial charge in [-0.2, -0.15) is 0 Å². The first-order valence-electron chi connectivity index (χ1n) is 7.21. The molecule has 2 N–H and O–H groups in total. The molecule has 1 rings (SSSR count). The molecule has 0 spiro atoms. The minimum absolute atomic E-state index is 0.000748. The van der Waals surface area contributed by atoms with Crippen molar-refractivity contribution in [1.82, 2.24) is 0 Å². The second kappa shape index (κ2) is 8.54. The van der Waals surface area contributed by atoms with E-state index in [0.29, 0.717) is 0 Å². The van der Waals surface area contributed by atoms with Gasteiger partial charge in [0.25, 0.3) is 0 Å². The number of aliphatic hydroxyl groups excluding tert-OH is 1. The molecule has 20 heavy (non-hydrogen) atoms. The van der Waals surface area contributed by atoms with Crippen molar-refractivity contribution in [3.05, 3.63) is 41.0 Å². The standard InChI is InChI=1S/C17H24O3/c1-3-4-5-8-16(18)15-12-13(2)10-11-14(15)7-6-9-17(19)20/h6-7,10-12,16,18H,3-5,8-9H2,1-2H3,(H,19,20)/b7-6+/t16-/m0/s1. The van der Waals surface area contributed by atoms with Crippen LogP contribution in [-0.2, 0) is 4.79 Å². The molecule has 0 aromatic heterocycles. The third-order valence-corrected chi connectivity index (χ3v) is 3.27. The number of unbranched alkanes of at least 4 members (excludes halogenated alkanes) is 2. The number of rotatable bonds is 8. The number of hydrogen-bond donors (Lipinski definition) is 2. The van der Waals surface area contributed by atoms with Crippen LogP contribution in [0.15, 0.2) is 24.3 Å². The van der Waals surface area contributed by atoms with Crippen molar-refractivity contribution >= 4 is 12.0 Å². The van der Waals surface area contributed by atoms with E-state index in [1.54, 1.807) is 12.2 Å². The Kier molecular flexibility index (Phi) is 7.02. The first-order valence-corrected chi connectivity index (χ1v) is 7.21. The SMILES string of the molecule is CCCCC[C@H](O)c1cc(C)ccc1/C=C/CC(=O)O. The lowest BCUT2D eigenvalue weighted by Crippen LogP contribution is -2.01. The van der Waals surface area contributed by atoms with Crippen molar-refractivity contribution < 1.29 is 15.0 Å². The maximum Gasteiger partial charge on any atom is 0.307 e. The van der Waals surface area contributed by atoms with Crippen molar-refractivity contribution in [1.29, 1.82) is 0 Å². The maximum atomic E-state index is 10.5. The van der Waals surface area contributed by atoms with E-state index in [4.69, 9.17) is 5.11 Å². The second-order valence-corrected chi connectivity index (χ2v) is 5.14. The Balaban J connectivity index is 2.83. The van der Waals surface area contributed by atoms with Crippen LogP contribution in [0, 0.1) is 6.92 Å². The Morgan fingerprint density at radius 3 is 2.75 bits per heavy atom. The lowest BCUT2D eigenvalue weighted by Gasteiger charge is -2.14. The summed E-state index contributed by atoms with van der Waals surface area (Å²) in [7, 11) is 0. The summed E-state index contributed by atoms with van der Waals surface area (Å²) in [6.45, 7) is 4.13. The number of aryl methyl sites for hydroxylation is 1. The molecule has 1 aromatic carbocycles. The van der Waals surface area contributed by atoms with Gasteiger partial charge in [0, 0.05) is 0 Å². The Bertz CT molecular complexity index is 463. The van der Waals surface area contributed by atoms with Gasteiger partial charge in [-0.3, -0.25) is 4.79 Å². The van der Waals surface area contributed by atoms with Crippen LogP contribution in [0.4, 0.5) is 0 Å². The van der Waals surface area contributed by atoms with E-state index in [2.05, 4.69) is 6.92 Å². The Labute approximate surface area is 121 Å². The molecule has 0 bridgehead atoms. The smallest absolute Gasteiger partial charge is 0.307 e. The average molecular weight is 276 g/mol. The van der Waals surface area contributed by atoms with E-state index in [0.717, 1.165) is 42.4 Å². The van der Waals surface area contributed by atoms with E-state index < -0.39 is 12.1 Å². The van der Waals surface area contributed by atoms with Crippen LogP contribution >= 0.6 is 0 Å². The summed E-state index contributed by atoms with van der Waals surface area (Å²) in [5.74, 6) is -0.849. The normalized spacial score (nSPS) is 12.8. The molecule has 0 fully saturated rings. The average Bonchev–Trinajstić information content (AvgIpc) is 2.40.